The molecule has 6 heteroatoms. The van der Waals surface area contributed by atoms with Gasteiger partial charge < -0.3 is 9.84 Å². The second kappa shape index (κ2) is 8.59. The third kappa shape index (κ3) is 5.95. The van der Waals surface area contributed by atoms with E-state index < -0.39 is 6.10 Å². The molecule has 5 nitrogen and oxygen atoms in total. The van der Waals surface area contributed by atoms with E-state index in [1.807, 2.05) is 18.1 Å². The molecule has 1 aromatic carbocycles. The Balaban J connectivity index is 1.74. The van der Waals surface area contributed by atoms with Crippen LogP contribution in [0, 0.1) is 12.3 Å². The van der Waals surface area contributed by atoms with Crippen molar-refractivity contribution in [2.75, 3.05) is 20.2 Å². The molecule has 0 bridgehead atoms. The largest absolute Gasteiger partial charge is 0.491 e. The maximum atomic E-state index is 10.1. The summed E-state index contributed by atoms with van der Waals surface area (Å²) < 4.78 is 7.25. The van der Waals surface area contributed by atoms with Crippen LogP contribution in [0.4, 0.5) is 0 Å². The molecule has 0 aliphatic rings. The number of halogens is 1. The first-order valence-corrected chi connectivity index (χ1v) is 7.64. The van der Waals surface area contributed by atoms with E-state index >= 15 is 0 Å². The summed E-state index contributed by atoms with van der Waals surface area (Å²) in [6, 6.07) is 7.06. The molecule has 1 N–H and O–H groups in total. The molecule has 2 rings (SSSR count). The van der Waals surface area contributed by atoms with Gasteiger partial charge in [-0.05, 0) is 31.3 Å². The Kier molecular flexibility index (Phi) is 6.48. The van der Waals surface area contributed by atoms with Gasteiger partial charge in [0.1, 0.15) is 25.0 Å². The predicted molar refractivity (Wildman–Crippen MR) is 90.3 cm³/mol. The van der Waals surface area contributed by atoms with Gasteiger partial charge in [0.25, 0.3) is 0 Å². The van der Waals surface area contributed by atoms with Gasteiger partial charge in [0.05, 0.1) is 6.20 Å². The summed E-state index contributed by atoms with van der Waals surface area (Å²) in [6.07, 6.45) is 8.36. The van der Waals surface area contributed by atoms with Crippen molar-refractivity contribution in [3.63, 3.8) is 0 Å². The average Bonchev–Trinajstić information content (AvgIpc) is 2.94. The number of likely N-dealkylation sites (N-methyl/N-ethyl adjacent to an activating group) is 1. The molecule has 0 fully saturated rings. The van der Waals surface area contributed by atoms with Gasteiger partial charge in [0.15, 0.2) is 0 Å². The number of terminal acetylenes is 1. The van der Waals surface area contributed by atoms with Crippen molar-refractivity contribution in [2.45, 2.75) is 19.2 Å². The number of hydrogen-bond donors (Lipinski definition) is 1. The quantitative estimate of drug-likeness (QED) is 0.751. The van der Waals surface area contributed by atoms with Crippen LogP contribution in [0.3, 0.4) is 0 Å². The highest BCUT2D eigenvalue weighted by atomic mass is 35.5. The van der Waals surface area contributed by atoms with E-state index in [1.165, 1.54) is 0 Å². The van der Waals surface area contributed by atoms with E-state index in [-0.39, 0.29) is 6.61 Å². The molecule has 122 valence electrons. The number of rotatable bonds is 8. The lowest BCUT2D eigenvalue weighted by Crippen LogP contribution is -2.32. The van der Waals surface area contributed by atoms with Crippen molar-refractivity contribution >= 4 is 11.6 Å². The Hall–Kier alpha value is -2.00. The molecule has 0 radical (unpaired) electrons. The predicted octanol–water partition coefficient (Wildman–Crippen LogP) is 2.04. The highest BCUT2D eigenvalue weighted by molar-refractivity contribution is 6.30. The lowest BCUT2D eigenvalue weighted by molar-refractivity contribution is 0.0744. The van der Waals surface area contributed by atoms with Crippen molar-refractivity contribution in [1.82, 2.24) is 14.7 Å². The first-order chi connectivity index (χ1) is 11.1. The molecule has 1 aromatic heterocycles. The van der Waals surface area contributed by atoms with Gasteiger partial charge in [-0.1, -0.05) is 17.5 Å². The van der Waals surface area contributed by atoms with Gasteiger partial charge in [-0.3, -0.25) is 9.58 Å². The van der Waals surface area contributed by atoms with E-state index in [2.05, 4.69) is 11.0 Å². The summed E-state index contributed by atoms with van der Waals surface area (Å²) in [6.45, 7) is 1.86. The summed E-state index contributed by atoms with van der Waals surface area (Å²) in [4.78, 5) is 2.01. The van der Waals surface area contributed by atoms with Crippen LogP contribution in [0.1, 0.15) is 5.56 Å². The fourth-order valence-electron chi connectivity index (χ4n) is 2.18. The van der Waals surface area contributed by atoms with Crippen molar-refractivity contribution in [2.24, 2.45) is 0 Å². The van der Waals surface area contributed by atoms with Crippen LogP contribution >= 0.6 is 11.6 Å². The Morgan fingerprint density at radius 2 is 2.17 bits per heavy atom. The average molecular weight is 334 g/mol. The minimum absolute atomic E-state index is 0.225. The van der Waals surface area contributed by atoms with E-state index in [4.69, 9.17) is 22.8 Å². The van der Waals surface area contributed by atoms with E-state index in [0.717, 1.165) is 5.56 Å². The van der Waals surface area contributed by atoms with Crippen molar-refractivity contribution in [3.8, 4) is 18.1 Å². The summed E-state index contributed by atoms with van der Waals surface area (Å²) in [7, 11) is 1.93. The second-order valence-corrected chi connectivity index (χ2v) is 5.80. The van der Waals surface area contributed by atoms with Gasteiger partial charge in [0.2, 0.25) is 0 Å². The number of hydrogen-bond acceptors (Lipinski definition) is 4. The minimum Gasteiger partial charge on any atom is -0.491 e. The highest BCUT2D eigenvalue weighted by Crippen LogP contribution is 2.15. The SMILES string of the molecule is C#CCn1cc(CN(C)CC(O)COc2ccc(Cl)cc2)cn1. The number of nitrogens with zero attached hydrogens (tertiary/aromatic N) is 3. The van der Waals surface area contributed by atoms with Crippen LogP contribution in [-0.4, -0.2) is 46.1 Å². The van der Waals surface area contributed by atoms with Crippen molar-refractivity contribution in [1.29, 1.82) is 0 Å². The standard InChI is InChI=1S/C17H20ClN3O2/c1-3-8-21-11-14(9-19-21)10-20(2)12-16(22)13-23-17-6-4-15(18)5-7-17/h1,4-7,9,11,16,22H,8,10,12-13H2,2H3. The first-order valence-electron chi connectivity index (χ1n) is 7.26. The molecular weight excluding hydrogens is 314 g/mol. The molecule has 0 amide bonds. The molecule has 1 heterocycles. The maximum Gasteiger partial charge on any atom is 0.119 e. The topological polar surface area (TPSA) is 50.5 Å². The fraction of sp³-hybridized carbons (Fsp3) is 0.353. The molecule has 0 aliphatic heterocycles. The number of aliphatic hydroxyl groups excluding tert-OH is 1. The molecule has 23 heavy (non-hydrogen) atoms. The molecule has 2 aromatic rings. The third-order valence-electron chi connectivity index (χ3n) is 3.17. The highest BCUT2D eigenvalue weighted by Gasteiger charge is 2.10. The Bertz CT molecular complexity index is 649. The minimum atomic E-state index is -0.587. The van der Waals surface area contributed by atoms with E-state index in [9.17, 15) is 5.11 Å². The van der Waals surface area contributed by atoms with Crippen LogP contribution in [0.2, 0.25) is 5.02 Å². The fourth-order valence-corrected chi connectivity index (χ4v) is 2.31. The lowest BCUT2D eigenvalue weighted by atomic mass is 10.3. The molecule has 1 atom stereocenters. The van der Waals surface area contributed by atoms with Crippen molar-refractivity contribution < 1.29 is 9.84 Å². The zero-order valence-corrected chi connectivity index (χ0v) is 13.8. The van der Waals surface area contributed by atoms with Crippen LogP contribution in [-0.2, 0) is 13.1 Å². The molecule has 1 unspecified atom stereocenters. The Morgan fingerprint density at radius 3 is 2.87 bits per heavy atom. The number of aliphatic hydroxyl groups is 1. The summed E-state index contributed by atoms with van der Waals surface area (Å²) >= 11 is 5.81. The number of benzene rings is 1. The number of aromatic nitrogens is 2. The molecule has 0 saturated heterocycles. The van der Waals surface area contributed by atoms with Gasteiger partial charge in [-0.25, -0.2) is 0 Å². The lowest BCUT2D eigenvalue weighted by Gasteiger charge is -2.20. The molecule has 0 spiro atoms. The summed E-state index contributed by atoms with van der Waals surface area (Å²) in [5.74, 6) is 3.23. The van der Waals surface area contributed by atoms with Gasteiger partial charge in [0, 0.05) is 29.9 Å². The van der Waals surface area contributed by atoms with E-state index in [1.54, 1.807) is 35.1 Å². The maximum absolute atomic E-state index is 10.1. The summed E-state index contributed by atoms with van der Waals surface area (Å²) in [5, 5.41) is 14.9. The monoisotopic (exact) mass is 333 g/mol. The smallest absolute Gasteiger partial charge is 0.119 e. The van der Waals surface area contributed by atoms with Gasteiger partial charge >= 0.3 is 0 Å². The Morgan fingerprint density at radius 1 is 1.43 bits per heavy atom. The van der Waals surface area contributed by atoms with Crippen molar-refractivity contribution in [3.05, 3.63) is 47.2 Å². The van der Waals surface area contributed by atoms with Crippen LogP contribution < -0.4 is 4.74 Å². The second-order valence-electron chi connectivity index (χ2n) is 5.37. The first kappa shape index (κ1) is 17.4. The molecular formula is C17H20ClN3O2. The third-order valence-corrected chi connectivity index (χ3v) is 3.42. The van der Waals surface area contributed by atoms with Gasteiger partial charge in [-0.2, -0.15) is 5.10 Å². The Labute approximate surface area is 141 Å². The van der Waals surface area contributed by atoms with Crippen LogP contribution in [0.5, 0.6) is 5.75 Å². The zero-order chi connectivity index (χ0) is 16.7. The molecule has 0 saturated carbocycles. The van der Waals surface area contributed by atoms with E-state index in [0.29, 0.717) is 30.4 Å². The number of ether oxygens (including phenoxy) is 1. The van der Waals surface area contributed by atoms with Crippen LogP contribution in [0.15, 0.2) is 36.7 Å². The zero-order valence-electron chi connectivity index (χ0n) is 13.0. The van der Waals surface area contributed by atoms with Crippen LogP contribution in [0.25, 0.3) is 0 Å². The normalized spacial score (nSPS) is 12.1. The summed E-state index contributed by atoms with van der Waals surface area (Å²) in [5.41, 5.74) is 1.05. The van der Waals surface area contributed by atoms with Gasteiger partial charge in [-0.15, -0.1) is 6.42 Å². The molecule has 0 aliphatic carbocycles.